The molecule has 1 saturated carbocycles. The Kier molecular flexibility index (Phi) is 7.50. The summed E-state index contributed by atoms with van der Waals surface area (Å²) in [5.41, 5.74) is 0.0797. The van der Waals surface area contributed by atoms with Crippen LogP contribution in [0.2, 0.25) is 0 Å². The Balaban J connectivity index is 1.93. The molecule has 2 aliphatic rings. The maximum absolute atomic E-state index is 11.7. The summed E-state index contributed by atoms with van der Waals surface area (Å²) in [7, 11) is 0. The van der Waals surface area contributed by atoms with E-state index in [0.717, 1.165) is 24.6 Å². The molecule has 1 saturated heterocycles. The van der Waals surface area contributed by atoms with Gasteiger partial charge in [-0.3, -0.25) is 9.59 Å². The first-order valence-corrected chi connectivity index (χ1v) is 9.79. The zero-order chi connectivity index (χ0) is 15.8. The van der Waals surface area contributed by atoms with Crippen LogP contribution in [-0.4, -0.2) is 21.8 Å². The van der Waals surface area contributed by atoms with Gasteiger partial charge in [0.2, 0.25) is 5.12 Å². The van der Waals surface area contributed by atoms with E-state index in [1.165, 1.54) is 57.8 Å². The molecule has 2 fully saturated rings. The lowest BCUT2D eigenvalue weighted by molar-refractivity contribution is -0.115. The number of thioether (sulfide) groups is 1. The fourth-order valence-electron chi connectivity index (χ4n) is 3.50. The third-order valence-corrected chi connectivity index (χ3v) is 5.69. The van der Waals surface area contributed by atoms with Gasteiger partial charge in [0.05, 0.1) is 5.75 Å². The van der Waals surface area contributed by atoms with Gasteiger partial charge in [-0.1, -0.05) is 82.4 Å². The van der Waals surface area contributed by atoms with Gasteiger partial charge in [0.1, 0.15) is 11.3 Å². The molecule has 0 aromatic heterocycles. The molecule has 22 heavy (non-hydrogen) atoms. The van der Waals surface area contributed by atoms with Gasteiger partial charge in [0.15, 0.2) is 5.78 Å². The minimum Gasteiger partial charge on any atom is -0.511 e. The monoisotopic (exact) mass is 324 g/mol. The van der Waals surface area contributed by atoms with Crippen molar-refractivity contribution in [3.8, 4) is 0 Å². The van der Waals surface area contributed by atoms with Crippen molar-refractivity contribution in [1.29, 1.82) is 0 Å². The molecule has 0 spiro atoms. The van der Waals surface area contributed by atoms with Crippen molar-refractivity contribution >= 4 is 22.7 Å². The Bertz CT molecular complexity index is 398. The lowest BCUT2D eigenvalue weighted by Crippen LogP contribution is -2.10. The highest BCUT2D eigenvalue weighted by Gasteiger charge is 2.31. The van der Waals surface area contributed by atoms with Crippen molar-refractivity contribution in [3.05, 3.63) is 11.3 Å². The Hall–Kier alpha value is -0.770. The third-order valence-electron chi connectivity index (χ3n) is 4.81. The maximum Gasteiger partial charge on any atom is 0.226 e. The molecular weight excluding hydrogens is 296 g/mol. The van der Waals surface area contributed by atoms with E-state index >= 15 is 0 Å². The first-order chi connectivity index (χ1) is 10.7. The Morgan fingerprint density at radius 2 is 1.41 bits per heavy atom. The van der Waals surface area contributed by atoms with E-state index in [-0.39, 0.29) is 28.0 Å². The molecule has 1 N–H and O–H groups in total. The molecule has 0 radical (unpaired) electrons. The van der Waals surface area contributed by atoms with Gasteiger partial charge in [0.25, 0.3) is 0 Å². The van der Waals surface area contributed by atoms with Crippen LogP contribution in [0, 0.1) is 5.92 Å². The van der Waals surface area contributed by atoms with Gasteiger partial charge in [0, 0.05) is 6.42 Å². The molecule has 3 nitrogen and oxygen atoms in total. The van der Waals surface area contributed by atoms with Gasteiger partial charge in [-0.15, -0.1) is 0 Å². The number of rotatable bonds is 2. The van der Waals surface area contributed by atoms with Gasteiger partial charge in [-0.25, -0.2) is 0 Å². The second-order valence-corrected chi connectivity index (χ2v) is 7.60. The van der Waals surface area contributed by atoms with E-state index in [2.05, 4.69) is 0 Å². The van der Waals surface area contributed by atoms with Crippen molar-refractivity contribution in [2.75, 3.05) is 5.75 Å². The highest BCUT2D eigenvalue weighted by Crippen LogP contribution is 2.30. The lowest BCUT2D eigenvalue weighted by atomic mass is 9.89. The van der Waals surface area contributed by atoms with Crippen molar-refractivity contribution < 1.29 is 14.7 Å². The fraction of sp³-hybridized carbons (Fsp3) is 0.778. The topological polar surface area (TPSA) is 54.4 Å². The number of ketones is 1. The van der Waals surface area contributed by atoms with Crippen LogP contribution in [0.15, 0.2) is 11.3 Å². The average molecular weight is 324 g/mol. The van der Waals surface area contributed by atoms with Crippen molar-refractivity contribution in [2.45, 2.75) is 77.0 Å². The van der Waals surface area contributed by atoms with E-state index in [4.69, 9.17) is 0 Å². The predicted molar refractivity (Wildman–Crippen MR) is 91.0 cm³/mol. The van der Waals surface area contributed by atoms with Crippen LogP contribution in [0.1, 0.15) is 77.0 Å². The zero-order valence-electron chi connectivity index (χ0n) is 13.4. The number of hydrogen-bond acceptors (Lipinski definition) is 4. The Morgan fingerprint density at radius 3 is 1.86 bits per heavy atom. The summed E-state index contributed by atoms with van der Waals surface area (Å²) in [5.74, 6) is 0.471. The summed E-state index contributed by atoms with van der Waals surface area (Å²) in [5, 5.41) is 10.0. The van der Waals surface area contributed by atoms with Crippen molar-refractivity contribution in [3.63, 3.8) is 0 Å². The number of aliphatic hydroxyl groups is 1. The molecule has 0 aromatic rings. The number of allylic oxidation sites excluding steroid dienone is 1. The van der Waals surface area contributed by atoms with Crippen LogP contribution in [-0.2, 0) is 9.59 Å². The van der Waals surface area contributed by atoms with Crippen LogP contribution < -0.4 is 0 Å². The minimum absolute atomic E-state index is 0.0529. The van der Waals surface area contributed by atoms with E-state index in [1.54, 1.807) is 0 Å². The molecule has 1 heterocycles. The first-order valence-electron chi connectivity index (χ1n) is 8.81. The van der Waals surface area contributed by atoms with Gasteiger partial charge in [-0.2, -0.15) is 0 Å². The molecule has 4 heteroatoms. The van der Waals surface area contributed by atoms with Crippen LogP contribution in [0.25, 0.3) is 0 Å². The first kappa shape index (κ1) is 17.6. The fourth-order valence-corrected chi connectivity index (χ4v) is 4.28. The largest absolute Gasteiger partial charge is 0.511 e. The van der Waals surface area contributed by atoms with Crippen LogP contribution in [0.5, 0.6) is 0 Å². The smallest absolute Gasteiger partial charge is 0.226 e. The van der Waals surface area contributed by atoms with E-state index in [1.807, 2.05) is 0 Å². The van der Waals surface area contributed by atoms with Crippen LogP contribution >= 0.6 is 11.8 Å². The van der Waals surface area contributed by atoms with E-state index in [9.17, 15) is 14.7 Å². The highest BCUT2D eigenvalue weighted by molar-refractivity contribution is 8.15. The number of Topliss-reactive ketones (excluding diaryl/α,β-unsaturated/α-hetero) is 1. The minimum atomic E-state index is -0.240. The van der Waals surface area contributed by atoms with Crippen LogP contribution in [0.3, 0.4) is 0 Å². The second kappa shape index (κ2) is 9.39. The average Bonchev–Trinajstić information content (AvgIpc) is 2.81. The van der Waals surface area contributed by atoms with Gasteiger partial charge in [-0.05, 0) is 5.92 Å². The summed E-state index contributed by atoms with van der Waals surface area (Å²) >= 11 is 1.02. The Labute approximate surface area is 137 Å². The molecule has 0 bridgehead atoms. The normalized spacial score (nSPS) is 25.6. The van der Waals surface area contributed by atoms with Gasteiger partial charge >= 0.3 is 0 Å². The summed E-state index contributed by atoms with van der Waals surface area (Å²) < 4.78 is 0. The number of carbonyl (C=O) groups is 2. The van der Waals surface area contributed by atoms with Gasteiger partial charge < -0.3 is 5.11 Å². The summed E-state index contributed by atoms with van der Waals surface area (Å²) in [6, 6.07) is 0. The molecular formula is C18H28O3S. The molecule has 2 rings (SSSR count). The maximum atomic E-state index is 11.7. The number of aliphatic hydroxyl groups excluding tert-OH is 1. The van der Waals surface area contributed by atoms with E-state index < -0.39 is 0 Å². The zero-order valence-corrected chi connectivity index (χ0v) is 14.3. The lowest BCUT2D eigenvalue weighted by Gasteiger charge is -2.18. The highest BCUT2D eigenvalue weighted by atomic mass is 32.2. The van der Waals surface area contributed by atoms with Crippen molar-refractivity contribution in [1.82, 2.24) is 0 Å². The standard InChI is InChI=1S/C18H28O3S/c19-15(17-16(20)13-22-18(17)21)12-14-10-8-6-4-2-1-3-5-7-9-11-14/h14,19H,1-13H2. The SMILES string of the molecule is O=C1CSC(=O)C1=C(O)CC1CCCCCCCCCCC1. The summed E-state index contributed by atoms with van der Waals surface area (Å²) in [6.45, 7) is 0. The molecule has 124 valence electrons. The molecule has 1 aliphatic carbocycles. The molecule has 0 aromatic carbocycles. The Morgan fingerprint density at radius 1 is 0.909 bits per heavy atom. The second-order valence-electron chi connectivity index (χ2n) is 6.65. The number of hydrogen-bond donors (Lipinski definition) is 1. The molecule has 0 unspecified atom stereocenters. The van der Waals surface area contributed by atoms with Crippen molar-refractivity contribution in [2.24, 2.45) is 5.92 Å². The molecule has 1 aliphatic heterocycles. The summed E-state index contributed by atoms with van der Waals surface area (Å²) in [6.07, 6.45) is 14.3. The summed E-state index contributed by atoms with van der Waals surface area (Å²) in [4.78, 5) is 23.4. The van der Waals surface area contributed by atoms with Crippen LogP contribution in [0.4, 0.5) is 0 Å². The van der Waals surface area contributed by atoms with E-state index in [0.29, 0.717) is 12.3 Å². The molecule has 0 amide bonds. The third kappa shape index (κ3) is 5.45. The molecule has 0 atom stereocenters. The quantitative estimate of drug-likeness (QED) is 0.443. The predicted octanol–water partition coefficient (Wildman–Crippen LogP) is 4.95. The number of carbonyl (C=O) groups excluding carboxylic acids is 2.